The summed E-state index contributed by atoms with van der Waals surface area (Å²) in [7, 11) is 0. The molecule has 0 aliphatic heterocycles. The van der Waals surface area contributed by atoms with E-state index in [2.05, 4.69) is 70.9 Å². The van der Waals surface area contributed by atoms with E-state index in [1.54, 1.807) is 6.33 Å². The molecule has 0 amide bonds. The third-order valence-corrected chi connectivity index (χ3v) is 5.81. The molecule has 2 aromatic heterocycles. The van der Waals surface area contributed by atoms with Crippen molar-refractivity contribution >= 4 is 15.9 Å². The highest BCUT2D eigenvalue weighted by Gasteiger charge is 2.13. The molecule has 0 unspecified atom stereocenters. The zero-order chi connectivity index (χ0) is 22.2. The summed E-state index contributed by atoms with van der Waals surface area (Å²) in [5.74, 6) is 0.916. The molecule has 0 radical (unpaired) electrons. The molecule has 0 aliphatic rings. The Morgan fingerprint density at radius 1 is 0.875 bits per heavy atom. The molecular weight excluding hydrogens is 464 g/mol. The van der Waals surface area contributed by atoms with Gasteiger partial charge in [-0.1, -0.05) is 40.2 Å². The van der Waals surface area contributed by atoms with E-state index in [-0.39, 0.29) is 0 Å². The van der Waals surface area contributed by atoms with Crippen LogP contribution in [0.4, 0.5) is 0 Å². The molecule has 0 atom stereocenters. The van der Waals surface area contributed by atoms with Crippen molar-refractivity contribution < 1.29 is 0 Å². The SMILES string of the molecule is N#Cc1ccc(Cn2cnnc2CN(CCc2ccc(Br)cc2)Cc2ccncc2)cc1. The van der Waals surface area contributed by atoms with Gasteiger partial charge in [0.1, 0.15) is 12.2 Å². The van der Waals surface area contributed by atoms with Crippen LogP contribution in [0.15, 0.2) is 83.9 Å². The van der Waals surface area contributed by atoms with Gasteiger partial charge in [0.2, 0.25) is 0 Å². The second kappa shape index (κ2) is 10.8. The molecule has 160 valence electrons. The fourth-order valence-electron chi connectivity index (χ4n) is 3.51. The normalized spacial score (nSPS) is 10.9. The monoisotopic (exact) mass is 486 g/mol. The van der Waals surface area contributed by atoms with Gasteiger partial charge in [-0.25, -0.2) is 0 Å². The van der Waals surface area contributed by atoms with E-state index in [4.69, 9.17) is 5.26 Å². The third-order valence-electron chi connectivity index (χ3n) is 5.28. The zero-order valence-electron chi connectivity index (χ0n) is 17.6. The molecule has 7 heteroatoms. The van der Waals surface area contributed by atoms with E-state index in [0.29, 0.717) is 18.7 Å². The third kappa shape index (κ3) is 6.10. The van der Waals surface area contributed by atoms with Gasteiger partial charge >= 0.3 is 0 Å². The molecule has 6 nitrogen and oxygen atoms in total. The summed E-state index contributed by atoms with van der Waals surface area (Å²) in [6.07, 6.45) is 6.38. The van der Waals surface area contributed by atoms with Crippen LogP contribution >= 0.6 is 15.9 Å². The summed E-state index contributed by atoms with van der Waals surface area (Å²) in [6, 6.07) is 22.4. The first-order chi connectivity index (χ1) is 15.7. The highest BCUT2D eigenvalue weighted by molar-refractivity contribution is 9.10. The second-order valence-corrected chi connectivity index (χ2v) is 8.54. The fraction of sp³-hybridized carbons (Fsp3) is 0.200. The highest BCUT2D eigenvalue weighted by Crippen LogP contribution is 2.14. The first kappa shape index (κ1) is 21.9. The Morgan fingerprint density at radius 2 is 1.59 bits per heavy atom. The maximum Gasteiger partial charge on any atom is 0.147 e. The average molecular weight is 487 g/mol. The standard InChI is InChI=1S/C25H23BrN6/c26-24-7-5-20(6-8-24)11-14-31(16-23-9-12-28-13-10-23)18-25-30-29-19-32(25)17-22-3-1-21(15-27)2-4-22/h1-10,12-13,19H,11,14,16-18H2. The summed E-state index contributed by atoms with van der Waals surface area (Å²) >= 11 is 3.50. The quantitative estimate of drug-likeness (QED) is 0.345. The van der Waals surface area contributed by atoms with Gasteiger partial charge in [0, 0.05) is 30.0 Å². The lowest BCUT2D eigenvalue weighted by molar-refractivity contribution is 0.250. The molecule has 0 spiro atoms. The van der Waals surface area contributed by atoms with Crippen LogP contribution in [-0.4, -0.2) is 31.2 Å². The van der Waals surface area contributed by atoms with E-state index in [0.717, 1.165) is 35.4 Å². The van der Waals surface area contributed by atoms with Crippen molar-refractivity contribution in [3.05, 3.63) is 112 Å². The Hall–Kier alpha value is -3.34. The average Bonchev–Trinajstić information content (AvgIpc) is 3.26. The molecule has 0 bridgehead atoms. The number of hydrogen-bond donors (Lipinski definition) is 0. The predicted molar refractivity (Wildman–Crippen MR) is 126 cm³/mol. The van der Waals surface area contributed by atoms with E-state index in [9.17, 15) is 0 Å². The molecule has 4 rings (SSSR count). The van der Waals surface area contributed by atoms with Crippen molar-refractivity contribution in [3.8, 4) is 6.07 Å². The van der Waals surface area contributed by atoms with Crippen molar-refractivity contribution in [3.63, 3.8) is 0 Å². The Labute approximate surface area is 196 Å². The molecule has 2 aromatic carbocycles. The van der Waals surface area contributed by atoms with E-state index >= 15 is 0 Å². The van der Waals surface area contributed by atoms with Gasteiger partial charge in [-0.3, -0.25) is 9.88 Å². The van der Waals surface area contributed by atoms with Gasteiger partial charge < -0.3 is 4.57 Å². The van der Waals surface area contributed by atoms with Crippen LogP contribution in [-0.2, 0) is 26.1 Å². The van der Waals surface area contributed by atoms with Crippen LogP contribution in [0.3, 0.4) is 0 Å². The van der Waals surface area contributed by atoms with Crippen LogP contribution in [0.5, 0.6) is 0 Å². The first-order valence-corrected chi connectivity index (χ1v) is 11.2. The lowest BCUT2D eigenvalue weighted by Gasteiger charge is -2.22. The van der Waals surface area contributed by atoms with Crippen molar-refractivity contribution in [2.45, 2.75) is 26.1 Å². The van der Waals surface area contributed by atoms with E-state index in [1.807, 2.05) is 48.8 Å². The Kier molecular flexibility index (Phi) is 7.38. The lowest BCUT2D eigenvalue weighted by atomic mass is 10.1. The molecule has 0 saturated carbocycles. The number of halogens is 1. The van der Waals surface area contributed by atoms with E-state index in [1.165, 1.54) is 11.1 Å². The van der Waals surface area contributed by atoms with Gasteiger partial charge in [-0.15, -0.1) is 10.2 Å². The van der Waals surface area contributed by atoms with Crippen LogP contribution < -0.4 is 0 Å². The fourth-order valence-corrected chi connectivity index (χ4v) is 3.78. The van der Waals surface area contributed by atoms with E-state index < -0.39 is 0 Å². The van der Waals surface area contributed by atoms with Crippen LogP contribution in [0.25, 0.3) is 0 Å². The number of rotatable bonds is 9. The molecule has 0 saturated heterocycles. The Morgan fingerprint density at radius 3 is 2.31 bits per heavy atom. The number of benzene rings is 2. The second-order valence-electron chi connectivity index (χ2n) is 7.63. The van der Waals surface area contributed by atoms with Gasteiger partial charge in [0.15, 0.2) is 0 Å². The smallest absolute Gasteiger partial charge is 0.147 e. The summed E-state index contributed by atoms with van der Waals surface area (Å²) in [5, 5.41) is 17.6. The summed E-state index contributed by atoms with van der Waals surface area (Å²) in [6.45, 7) is 3.06. The number of nitriles is 1. The van der Waals surface area contributed by atoms with Crippen LogP contribution in [0.1, 0.15) is 28.1 Å². The van der Waals surface area contributed by atoms with Crippen molar-refractivity contribution in [2.75, 3.05) is 6.54 Å². The van der Waals surface area contributed by atoms with Crippen molar-refractivity contribution in [1.29, 1.82) is 5.26 Å². The minimum absolute atomic E-state index is 0.661. The topological polar surface area (TPSA) is 70.6 Å². The van der Waals surface area contributed by atoms with Gasteiger partial charge in [0.25, 0.3) is 0 Å². The van der Waals surface area contributed by atoms with Crippen molar-refractivity contribution in [1.82, 2.24) is 24.6 Å². The highest BCUT2D eigenvalue weighted by atomic mass is 79.9. The molecule has 0 fully saturated rings. The van der Waals surface area contributed by atoms with Crippen LogP contribution in [0, 0.1) is 11.3 Å². The number of hydrogen-bond acceptors (Lipinski definition) is 5. The molecule has 32 heavy (non-hydrogen) atoms. The molecule has 2 heterocycles. The number of pyridine rings is 1. The minimum Gasteiger partial charge on any atom is -0.312 e. The van der Waals surface area contributed by atoms with Crippen LogP contribution in [0.2, 0.25) is 0 Å². The predicted octanol–water partition coefficient (Wildman–Crippen LogP) is 4.60. The van der Waals surface area contributed by atoms with Gasteiger partial charge in [-0.05, 0) is 59.5 Å². The van der Waals surface area contributed by atoms with Gasteiger partial charge in [0.05, 0.1) is 24.7 Å². The minimum atomic E-state index is 0.661. The lowest BCUT2D eigenvalue weighted by Crippen LogP contribution is -2.27. The largest absolute Gasteiger partial charge is 0.312 e. The molecule has 0 aliphatic carbocycles. The number of aromatic nitrogens is 4. The molecular formula is C25H23BrN6. The maximum atomic E-state index is 9.01. The van der Waals surface area contributed by atoms with Crippen molar-refractivity contribution in [2.24, 2.45) is 0 Å². The molecule has 0 N–H and O–H groups in total. The maximum absolute atomic E-state index is 9.01. The first-order valence-electron chi connectivity index (χ1n) is 10.4. The Bertz CT molecular complexity index is 1160. The summed E-state index contributed by atoms with van der Waals surface area (Å²) < 4.78 is 3.16. The molecule has 4 aromatic rings. The number of nitrogens with zero attached hydrogens (tertiary/aromatic N) is 6. The summed E-state index contributed by atoms with van der Waals surface area (Å²) in [4.78, 5) is 6.52. The summed E-state index contributed by atoms with van der Waals surface area (Å²) in [5.41, 5.74) is 4.29. The zero-order valence-corrected chi connectivity index (χ0v) is 19.2. The Balaban J connectivity index is 1.48. The van der Waals surface area contributed by atoms with Gasteiger partial charge in [-0.2, -0.15) is 5.26 Å².